The summed E-state index contributed by atoms with van der Waals surface area (Å²) in [6.07, 6.45) is 0. The molecule has 0 saturated heterocycles. The van der Waals surface area contributed by atoms with Crippen LogP contribution < -0.4 is 14.8 Å². The number of halogens is 2. The number of sulfonamides is 1. The Labute approximate surface area is 197 Å². The average Bonchev–Trinajstić information content (AvgIpc) is 2.74. The zero-order valence-corrected chi connectivity index (χ0v) is 20.5. The molecule has 0 aliphatic heterocycles. The number of nitrogens with zero attached hydrogens (tertiary/aromatic N) is 1. The number of hydrogen-bond acceptors (Lipinski definition) is 6. The molecule has 0 fully saturated rings. The summed E-state index contributed by atoms with van der Waals surface area (Å²) in [4.78, 5) is 12.2. The number of likely N-dealkylation sites (N-methyl/N-ethyl adjacent to an activating group) is 1. The van der Waals surface area contributed by atoms with Crippen molar-refractivity contribution >= 4 is 50.9 Å². The zero-order chi connectivity index (χ0) is 23.0. The molecule has 11 heteroatoms. The summed E-state index contributed by atoms with van der Waals surface area (Å²) in [5.41, 5.74) is 0.850. The summed E-state index contributed by atoms with van der Waals surface area (Å²) in [7, 11) is 0.359. The summed E-state index contributed by atoms with van der Waals surface area (Å²) in [5, 5.41) is 3.92. The summed E-state index contributed by atoms with van der Waals surface area (Å²) in [6.45, 7) is 0.0769. The summed E-state index contributed by atoms with van der Waals surface area (Å²) in [6, 6.07) is 9.61. The van der Waals surface area contributed by atoms with Crippen molar-refractivity contribution in [2.45, 2.75) is 10.6 Å². The molecule has 170 valence electrons. The first-order valence-corrected chi connectivity index (χ1v) is 12.5. The Morgan fingerprint density at radius 1 is 1.10 bits per heavy atom. The minimum Gasteiger partial charge on any atom is -0.493 e. The predicted octanol–water partition coefficient (Wildman–Crippen LogP) is 3.68. The maximum absolute atomic E-state index is 12.8. The number of thioether (sulfide) groups is 1. The van der Waals surface area contributed by atoms with Crippen LogP contribution in [0.15, 0.2) is 41.3 Å². The fourth-order valence-corrected chi connectivity index (χ4v) is 5.35. The predicted molar refractivity (Wildman–Crippen MR) is 125 cm³/mol. The third-order valence-corrected chi connectivity index (χ3v) is 7.80. The van der Waals surface area contributed by atoms with Crippen LogP contribution >= 0.6 is 35.0 Å². The lowest BCUT2D eigenvalue weighted by Crippen LogP contribution is -2.39. The normalized spacial score (nSPS) is 11.4. The Morgan fingerprint density at radius 2 is 1.74 bits per heavy atom. The largest absolute Gasteiger partial charge is 0.493 e. The molecule has 1 N–H and O–H groups in total. The lowest BCUT2D eigenvalue weighted by molar-refractivity contribution is -0.121. The molecule has 0 radical (unpaired) electrons. The first kappa shape index (κ1) is 25.6. The van der Waals surface area contributed by atoms with Gasteiger partial charge in [-0.05, 0) is 29.8 Å². The maximum atomic E-state index is 12.8. The highest BCUT2D eigenvalue weighted by Gasteiger charge is 2.24. The molecule has 1 amide bonds. The molecule has 2 aromatic carbocycles. The van der Waals surface area contributed by atoms with Gasteiger partial charge in [-0.15, -0.1) is 0 Å². The van der Waals surface area contributed by atoms with Gasteiger partial charge in [-0.1, -0.05) is 29.3 Å². The van der Waals surface area contributed by atoms with Gasteiger partial charge < -0.3 is 14.8 Å². The SMILES string of the molecule is COc1ccc(S(=O)(=O)N(C)CC(=O)NCCSCc2c(Cl)cccc2Cl)cc1OC. The third-order valence-electron chi connectivity index (χ3n) is 4.31. The van der Waals surface area contributed by atoms with Gasteiger partial charge in [0.15, 0.2) is 11.5 Å². The molecule has 0 aromatic heterocycles. The Morgan fingerprint density at radius 3 is 2.35 bits per heavy atom. The molecule has 0 heterocycles. The minimum atomic E-state index is -3.87. The third kappa shape index (κ3) is 6.92. The minimum absolute atomic E-state index is 0.00706. The highest BCUT2D eigenvalue weighted by molar-refractivity contribution is 7.98. The van der Waals surface area contributed by atoms with E-state index in [9.17, 15) is 13.2 Å². The van der Waals surface area contributed by atoms with E-state index in [1.807, 2.05) is 0 Å². The van der Waals surface area contributed by atoms with E-state index in [0.717, 1.165) is 9.87 Å². The second-order valence-electron chi connectivity index (χ2n) is 6.38. The zero-order valence-electron chi connectivity index (χ0n) is 17.4. The highest BCUT2D eigenvalue weighted by atomic mass is 35.5. The molecule has 0 spiro atoms. The van der Waals surface area contributed by atoms with E-state index in [0.29, 0.717) is 33.8 Å². The van der Waals surface area contributed by atoms with Crippen molar-refractivity contribution in [2.24, 2.45) is 0 Å². The van der Waals surface area contributed by atoms with Crippen molar-refractivity contribution in [3.63, 3.8) is 0 Å². The van der Waals surface area contributed by atoms with Crippen LogP contribution in [0.2, 0.25) is 10.0 Å². The molecular formula is C20H24Cl2N2O5S2. The van der Waals surface area contributed by atoms with Crippen molar-refractivity contribution in [3.05, 3.63) is 52.0 Å². The molecule has 0 unspecified atom stereocenters. The Hall–Kier alpha value is -1.65. The van der Waals surface area contributed by atoms with Crippen LogP contribution in [0.3, 0.4) is 0 Å². The van der Waals surface area contributed by atoms with Crippen LogP contribution in [0, 0.1) is 0 Å². The van der Waals surface area contributed by atoms with Crippen LogP contribution in [-0.4, -0.2) is 58.7 Å². The van der Waals surface area contributed by atoms with Gasteiger partial charge in [0, 0.05) is 41.2 Å². The Bertz CT molecular complexity index is 998. The van der Waals surface area contributed by atoms with Crippen molar-refractivity contribution in [1.82, 2.24) is 9.62 Å². The summed E-state index contributed by atoms with van der Waals surface area (Å²) < 4.78 is 36.8. The van der Waals surface area contributed by atoms with Gasteiger partial charge in [0.2, 0.25) is 15.9 Å². The summed E-state index contributed by atoms with van der Waals surface area (Å²) in [5.74, 6) is 1.54. The van der Waals surface area contributed by atoms with Gasteiger partial charge in [-0.2, -0.15) is 16.1 Å². The molecule has 0 atom stereocenters. The van der Waals surface area contributed by atoms with Crippen molar-refractivity contribution < 1.29 is 22.7 Å². The molecule has 2 aromatic rings. The van der Waals surface area contributed by atoms with Gasteiger partial charge >= 0.3 is 0 Å². The van der Waals surface area contributed by atoms with Crippen molar-refractivity contribution in [1.29, 1.82) is 0 Å². The molecule has 0 saturated carbocycles. The maximum Gasteiger partial charge on any atom is 0.243 e. The van der Waals surface area contributed by atoms with Crippen molar-refractivity contribution in [3.8, 4) is 11.5 Å². The number of carbonyl (C=O) groups is 1. The van der Waals surface area contributed by atoms with E-state index < -0.39 is 15.9 Å². The quantitative estimate of drug-likeness (QED) is 0.468. The van der Waals surface area contributed by atoms with Crippen LogP contribution in [0.5, 0.6) is 11.5 Å². The standard InChI is InChI=1S/C20H24Cl2N2O5S2/c1-24(31(26,27)14-7-8-18(28-2)19(11-14)29-3)12-20(25)23-9-10-30-13-15-16(21)5-4-6-17(15)22/h4-8,11H,9-10,12-13H2,1-3H3,(H,23,25). The number of hydrogen-bond donors (Lipinski definition) is 1. The lowest BCUT2D eigenvalue weighted by Gasteiger charge is -2.18. The first-order valence-electron chi connectivity index (χ1n) is 9.16. The fraction of sp³-hybridized carbons (Fsp3) is 0.350. The average molecular weight is 507 g/mol. The number of amides is 1. The number of carbonyl (C=O) groups excluding carboxylic acids is 1. The van der Waals surface area contributed by atoms with Crippen LogP contribution in [0.4, 0.5) is 0 Å². The number of benzene rings is 2. The number of methoxy groups -OCH3 is 2. The van der Waals surface area contributed by atoms with E-state index in [4.69, 9.17) is 32.7 Å². The topological polar surface area (TPSA) is 84.9 Å². The summed E-state index contributed by atoms with van der Waals surface area (Å²) >= 11 is 13.8. The second kappa shape index (κ2) is 11.8. The molecule has 31 heavy (non-hydrogen) atoms. The van der Waals surface area contributed by atoms with Gasteiger partial charge in [-0.3, -0.25) is 4.79 Å². The molecule has 0 bridgehead atoms. The Kier molecular flexibility index (Phi) is 9.77. The number of ether oxygens (including phenoxy) is 2. The van der Waals surface area contributed by atoms with Gasteiger partial charge in [0.05, 0.1) is 25.7 Å². The van der Waals surface area contributed by atoms with Gasteiger partial charge in [0.25, 0.3) is 0 Å². The van der Waals surface area contributed by atoms with Gasteiger partial charge in [0.1, 0.15) is 0 Å². The molecular weight excluding hydrogens is 483 g/mol. The van der Waals surface area contributed by atoms with Gasteiger partial charge in [-0.25, -0.2) is 8.42 Å². The van der Waals surface area contributed by atoms with Crippen LogP contribution in [-0.2, 0) is 20.6 Å². The van der Waals surface area contributed by atoms with E-state index in [-0.39, 0.29) is 17.2 Å². The molecule has 7 nitrogen and oxygen atoms in total. The van der Waals surface area contributed by atoms with Crippen LogP contribution in [0.1, 0.15) is 5.56 Å². The molecule has 0 aliphatic rings. The number of nitrogens with one attached hydrogen (secondary N) is 1. The van der Waals surface area contributed by atoms with E-state index in [1.165, 1.54) is 39.5 Å². The van der Waals surface area contributed by atoms with E-state index >= 15 is 0 Å². The van der Waals surface area contributed by atoms with E-state index in [2.05, 4.69) is 5.32 Å². The number of rotatable bonds is 11. The highest BCUT2D eigenvalue weighted by Crippen LogP contribution is 2.30. The lowest BCUT2D eigenvalue weighted by atomic mass is 10.2. The second-order valence-corrected chi connectivity index (χ2v) is 10.3. The fourth-order valence-electron chi connectivity index (χ4n) is 2.61. The monoisotopic (exact) mass is 506 g/mol. The first-order chi connectivity index (χ1) is 14.7. The Balaban J connectivity index is 1.85. The molecule has 0 aliphatic carbocycles. The van der Waals surface area contributed by atoms with Crippen molar-refractivity contribution in [2.75, 3.05) is 40.1 Å². The van der Waals surface area contributed by atoms with E-state index in [1.54, 1.807) is 30.0 Å². The molecule has 2 rings (SSSR count). The smallest absolute Gasteiger partial charge is 0.243 e. The van der Waals surface area contributed by atoms with Crippen LogP contribution in [0.25, 0.3) is 0 Å².